The minimum atomic E-state index is -0.900. The number of hydrogen-bond donors (Lipinski definition) is 3. The number of benzene rings is 2. The minimum absolute atomic E-state index is 0.0326. The summed E-state index contributed by atoms with van der Waals surface area (Å²) in [6, 6.07) is 13.3. The quantitative estimate of drug-likeness (QED) is 0.389. The number of nitrogens with one attached hydrogen (secondary N) is 3. The number of anilines is 2. The fourth-order valence-electron chi connectivity index (χ4n) is 2.65. The molecular weight excluding hydrogens is 352 g/mol. The summed E-state index contributed by atoms with van der Waals surface area (Å²) in [5.74, 6) is -0.200. The molecule has 0 saturated carbocycles. The Balaban J connectivity index is 1.46. The van der Waals surface area contributed by atoms with Gasteiger partial charge in [0.1, 0.15) is 11.4 Å². The molecule has 0 radical (unpaired) electrons. The van der Waals surface area contributed by atoms with E-state index in [-0.39, 0.29) is 30.5 Å². The first-order valence-electron chi connectivity index (χ1n) is 8.35. The average molecular weight is 370 g/mol. The summed E-state index contributed by atoms with van der Waals surface area (Å²) in [6.45, 7) is 0.549. The van der Waals surface area contributed by atoms with Gasteiger partial charge in [-0.2, -0.15) is 0 Å². The van der Waals surface area contributed by atoms with Crippen molar-refractivity contribution in [2.45, 2.75) is 12.5 Å². The monoisotopic (exact) mass is 370 g/mol. The van der Waals surface area contributed by atoms with Crippen LogP contribution in [-0.4, -0.2) is 35.9 Å². The third kappa shape index (κ3) is 4.51. The summed E-state index contributed by atoms with van der Waals surface area (Å²) in [6.07, 6.45) is -1.02. The predicted octanol–water partition coefficient (Wildman–Crippen LogP) is 1.91. The first-order chi connectivity index (χ1) is 13.0. The summed E-state index contributed by atoms with van der Waals surface area (Å²) in [7, 11) is 0. The Hall–Kier alpha value is -3.62. The third-order valence-electron chi connectivity index (χ3n) is 3.94. The van der Waals surface area contributed by atoms with Crippen molar-refractivity contribution >= 4 is 28.9 Å². The normalized spacial score (nSPS) is 15.1. The number of rotatable bonds is 7. The second kappa shape index (κ2) is 8.17. The van der Waals surface area contributed by atoms with Crippen molar-refractivity contribution in [1.82, 2.24) is 5.32 Å². The number of carbonyl (C=O) groups is 2. The Morgan fingerprint density at radius 3 is 2.70 bits per heavy atom. The van der Waals surface area contributed by atoms with E-state index in [1.165, 1.54) is 6.07 Å². The molecule has 2 aromatic rings. The van der Waals surface area contributed by atoms with E-state index in [0.29, 0.717) is 23.7 Å². The van der Waals surface area contributed by atoms with E-state index in [0.717, 1.165) is 0 Å². The van der Waals surface area contributed by atoms with Crippen molar-refractivity contribution in [3.8, 4) is 5.75 Å². The van der Waals surface area contributed by atoms with E-state index in [4.69, 9.17) is 4.74 Å². The maximum absolute atomic E-state index is 12.0. The lowest BCUT2D eigenvalue weighted by Crippen LogP contribution is -2.41. The van der Waals surface area contributed by atoms with E-state index in [2.05, 4.69) is 16.0 Å². The van der Waals surface area contributed by atoms with Crippen LogP contribution in [0.3, 0.4) is 0 Å². The molecule has 3 N–H and O–H groups in total. The molecule has 9 nitrogen and oxygen atoms in total. The van der Waals surface area contributed by atoms with Crippen LogP contribution < -0.4 is 20.7 Å². The van der Waals surface area contributed by atoms with E-state index < -0.39 is 11.0 Å². The smallest absolute Gasteiger partial charge is 0.292 e. The van der Waals surface area contributed by atoms with Gasteiger partial charge in [0.05, 0.1) is 17.0 Å². The van der Waals surface area contributed by atoms with Crippen LogP contribution in [0.2, 0.25) is 0 Å². The molecule has 0 aliphatic carbocycles. The number of nitro groups is 1. The predicted molar refractivity (Wildman–Crippen MR) is 98.7 cm³/mol. The van der Waals surface area contributed by atoms with Gasteiger partial charge in [0.2, 0.25) is 5.91 Å². The van der Waals surface area contributed by atoms with Gasteiger partial charge in [0.25, 0.3) is 11.6 Å². The zero-order chi connectivity index (χ0) is 19.2. The van der Waals surface area contributed by atoms with Gasteiger partial charge in [-0.05, 0) is 18.2 Å². The van der Waals surface area contributed by atoms with Gasteiger partial charge in [-0.3, -0.25) is 19.7 Å². The van der Waals surface area contributed by atoms with Crippen LogP contribution >= 0.6 is 0 Å². The second-order valence-corrected chi connectivity index (χ2v) is 5.85. The molecule has 0 bridgehead atoms. The fourth-order valence-corrected chi connectivity index (χ4v) is 2.65. The van der Waals surface area contributed by atoms with Crippen LogP contribution in [0.25, 0.3) is 0 Å². The van der Waals surface area contributed by atoms with Gasteiger partial charge in [-0.25, -0.2) is 0 Å². The highest BCUT2D eigenvalue weighted by Crippen LogP contribution is 2.29. The van der Waals surface area contributed by atoms with Crippen molar-refractivity contribution < 1.29 is 19.2 Å². The van der Waals surface area contributed by atoms with Crippen LogP contribution in [0.1, 0.15) is 6.42 Å². The summed E-state index contributed by atoms with van der Waals surface area (Å²) in [4.78, 5) is 34.5. The molecule has 3 rings (SSSR count). The maximum atomic E-state index is 12.0. The molecule has 1 heterocycles. The first-order valence-corrected chi connectivity index (χ1v) is 8.35. The molecular formula is C18H18N4O5. The second-order valence-electron chi connectivity index (χ2n) is 5.85. The Kier molecular flexibility index (Phi) is 5.50. The molecule has 0 spiro atoms. The SMILES string of the molecule is O=C(C[C@H]1Oc2ccccc2NC1=O)NCCNc1ccccc1[N+](=O)[O-]. The fraction of sp³-hybridized carbons (Fsp3) is 0.222. The van der Waals surface area contributed by atoms with Gasteiger partial charge >= 0.3 is 0 Å². The molecule has 140 valence electrons. The standard InChI is InChI=1S/C18H18N4O5/c23-17(11-16-18(24)21-13-6-2-4-8-15(13)27-16)20-10-9-19-12-5-1-3-7-14(12)22(25)26/h1-8,16,19H,9-11H2,(H,20,23)(H,21,24)/t16-/m1/s1. The molecule has 0 unspecified atom stereocenters. The molecule has 0 fully saturated rings. The summed E-state index contributed by atoms with van der Waals surface area (Å²) >= 11 is 0. The molecule has 27 heavy (non-hydrogen) atoms. The maximum Gasteiger partial charge on any atom is 0.292 e. The number of nitro benzene ring substituents is 1. The van der Waals surface area contributed by atoms with Gasteiger partial charge in [-0.15, -0.1) is 0 Å². The Morgan fingerprint density at radius 2 is 1.89 bits per heavy atom. The van der Waals surface area contributed by atoms with E-state index in [9.17, 15) is 19.7 Å². The number of para-hydroxylation sites is 4. The average Bonchev–Trinajstić information content (AvgIpc) is 2.66. The molecule has 2 amide bonds. The van der Waals surface area contributed by atoms with Crippen molar-refractivity contribution in [2.24, 2.45) is 0 Å². The van der Waals surface area contributed by atoms with E-state index in [1.807, 2.05) is 0 Å². The lowest BCUT2D eigenvalue weighted by Gasteiger charge is -2.25. The lowest BCUT2D eigenvalue weighted by molar-refractivity contribution is -0.384. The Labute approximate surface area is 154 Å². The number of nitrogens with zero attached hydrogens (tertiary/aromatic N) is 1. The number of carbonyl (C=O) groups excluding carboxylic acids is 2. The lowest BCUT2D eigenvalue weighted by atomic mass is 10.1. The van der Waals surface area contributed by atoms with Crippen molar-refractivity contribution in [3.05, 3.63) is 58.6 Å². The van der Waals surface area contributed by atoms with Crippen LogP contribution in [0.5, 0.6) is 5.75 Å². The molecule has 2 aromatic carbocycles. The van der Waals surface area contributed by atoms with Gasteiger partial charge < -0.3 is 20.7 Å². The number of fused-ring (bicyclic) bond motifs is 1. The summed E-state index contributed by atoms with van der Waals surface area (Å²) in [5, 5.41) is 19.2. The number of ether oxygens (including phenoxy) is 1. The third-order valence-corrected chi connectivity index (χ3v) is 3.94. The topological polar surface area (TPSA) is 123 Å². The van der Waals surface area contributed by atoms with Gasteiger partial charge in [-0.1, -0.05) is 24.3 Å². The molecule has 0 aromatic heterocycles. The van der Waals surface area contributed by atoms with Crippen LogP contribution in [0.15, 0.2) is 48.5 Å². The largest absolute Gasteiger partial charge is 0.478 e. The molecule has 1 atom stereocenters. The molecule has 1 aliphatic rings. The highest BCUT2D eigenvalue weighted by molar-refractivity contribution is 5.99. The van der Waals surface area contributed by atoms with E-state index >= 15 is 0 Å². The number of amides is 2. The van der Waals surface area contributed by atoms with Crippen molar-refractivity contribution in [3.63, 3.8) is 0 Å². The summed E-state index contributed by atoms with van der Waals surface area (Å²) in [5.41, 5.74) is 0.922. The Morgan fingerprint density at radius 1 is 1.15 bits per heavy atom. The van der Waals surface area contributed by atoms with Crippen LogP contribution in [0, 0.1) is 10.1 Å². The zero-order valence-corrected chi connectivity index (χ0v) is 14.3. The molecule has 1 aliphatic heterocycles. The van der Waals surface area contributed by atoms with Crippen molar-refractivity contribution in [2.75, 3.05) is 23.7 Å². The van der Waals surface area contributed by atoms with Crippen LogP contribution in [0.4, 0.5) is 17.1 Å². The van der Waals surface area contributed by atoms with E-state index in [1.54, 1.807) is 42.5 Å². The van der Waals surface area contributed by atoms with Gasteiger partial charge in [0, 0.05) is 19.2 Å². The van der Waals surface area contributed by atoms with Gasteiger partial charge in [0.15, 0.2) is 6.10 Å². The highest BCUT2D eigenvalue weighted by Gasteiger charge is 2.29. The summed E-state index contributed by atoms with van der Waals surface area (Å²) < 4.78 is 5.57. The minimum Gasteiger partial charge on any atom is -0.478 e. The zero-order valence-electron chi connectivity index (χ0n) is 14.3. The Bertz CT molecular complexity index is 870. The van der Waals surface area contributed by atoms with Crippen LogP contribution in [-0.2, 0) is 9.59 Å². The first kappa shape index (κ1) is 18.2. The van der Waals surface area contributed by atoms with Crippen molar-refractivity contribution in [1.29, 1.82) is 0 Å². The highest BCUT2D eigenvalue weighted by atomic mass is 16.6. The molecule has 0 saturated heterocycles. The molecule has 9 heteroatoms. The number of hydrogen-bond acceptors (Lipinski definition) is 6.